The van der Waals surface area contributed by atoms with Gasteiger partial charge in [-0.25, -0.2) is 28.9 Å². The Bertz CT molecular complexity index is 1880. The highest BCUT2D eigenvalue weighted by Crippen LogP contribution is 2.25. The molecule has 0 unspecified atom stereocenters. The number of nitrogens with zero attached hydrogens (tertiary/aromatic N) is 7. The van der Waals surface area contributed by atoms with E-state index in [1.807, 2.05) is 12.3 Å². The van der Waals surface area contributed by atoms with Gasteiger partial charge < -0.3 is 48.7 Å². The zero-order valence-corrected chi connectivity index (χ0v) is 36.6. The number of carbonyl (C=O) groups is 2. The Morgan fingerprint density at radius 3 is 1.64 bits per heavy atom. The van der Waals surface area contributed by atoms with E-state index in [9.17, 15) is 19.6 Å². The van der Waals surface area contributed by atoms with Crippen LogP contribution < -0.4 is 15.7 Å². The summed E-state index contributed by atoms with van der Waals surface area (Å²) in [6, 6.07) is 5.51. The van der Waals surface area contributed by atoms with E-state index >= 15 is 0 Å². The molecule has 6 heterocycles. The molecule has 58 heavy (non-hydrogen) atoms. The third kappa shape index (κ3) is 14.8. The monoisotopic (exact) mass is 846 g/mol. The van der Waals surface area contributed by atoms with E-state index in [2.05, 4.69) is 69.7 Å². The number of nitrogens with one attached hydrogen (secondary N) is 1. The molecule has 0 bridgehead atoms. The molecule has 2 aliphatic rings. The number of hydrogen-bond acceptors (Lipinski definition) is 16. The average molecular weight is 847 g/mol. The molecular weight excluding hydrogens is 783 g/mol. The summed E-state index contributed by atoms with van der Waals surface area (Å²) in [5, 5.41) is 31.4. The number of ether oxygens (including phenoxy) is 6. The molecule has 0 aliphatic carbocycles. The first-order valence-corrected chi connectivity index (χ1v) is 26.6. The van der Waals surface area contributed by atoms with E-state index in [0.717, 1.165) is 57.2 Å². The van der Waals surface area contributed by atoms with Crippen LogP contribution in [0.4, 0.5) is 5.69 Å². The normalized spacial score (nSPS) is 14.5. The van der Waals surface area contributed by atoms with E-state index in [0.29, 0.717) is 48.5 Å². The lowest BCUT2D eigenvalue weighted by Crippen LogP contribution is -2.36. The van der Waals surface area contributed by atoms with Crippen molar-refractivity contribution in [2.75, 3.05) is 84.9 Å². The summed E-state index contributed by atoms with van der Waals surface area (Å²) in [4.78, 5) is 35.0. The maximum absolute atomic E-state index is 12.2. The van der Waals surface area contributed by atoms with Gasteiger partial charge in [-0.3, -0.25) is 0 Å². The average Bonchev–Trinajstić information content (AvgIpc) is 3.76. The van der Waals surface area contributed by atoms with Crippen molar-refractivity contribution in [3.8, 4) is 0 Å². The highest BCUT2D eigenvalue weighted by atomic mass is 28.3. The van der Waals surface area contributed by atoms with Crippen molar-refractivity contribution < 1.29 is 48.1 Å². The molecule has 322 valence electrons. The molecule has 2 fully saturated rings. The fourth-order valence-corrected chi connectivity index (χ4v) is 7.02. The molecule has 2 aliphatic heterocycles. The van der Waals surface area contributed by atoms with Crippen molar-refractivity contribution in [2.45, 2.75) is 72.3 Å². The number of esters is 2. The van der Waals surface area contributed by atoms with Gasteiger partial charge in [0.1, 0.15) is 13.5 Å². The predicted molar refractivity (Wildman–Crippen MR) is 229 cm³/mol. The number of methoxy groups -OCH3 is 2. The van der Waals surface area contributed by atoms with Crippen molar-refractivity contribution in [1.29, 1.82) is 0 Å². The number of anilines is 1. The molecule has 18 nitrogen and oxygen atoms in total. The van der Waals surface area contributed by atoms with Crippen molar-refractivity contribution in [1.82, 2.24) is 34.8 Å². The molecule has 0 aromatic carbocycles. The summed E-state index contributed by atoms with van der Waals surface area (Å²) >= 11 is 0. The van der Waals surface area contributed by atoms with Crippen LogP contribution in [0, 0.1) is 0 Å². The van der Waals surface area contributed by atoms with Gasteiger partial charge in [0.25, 0.3) is 0 Å². The number of fused-ring (bicyclic) bond motifs is 2. The van der Waals surface area contributed by atoms with Crippen molar-refractivity contribution in [3.05, 3.63) is 35.9 Å². The highest BCUT2D eigenvalue weighted by molar-refractivity contribution is 6.76. The number of morpholine rings is 2. The molecule has 2 saturated heterocycles. The first-order chi connectivity index (χ1) is 27.1. The third-order valence-corrected chi connectivity index (χ3v) is 12.3. The molecule has 0 saturated carbocycles. The van der Waals surface area contributed by atoms with Gasteiger partial charge in [-0.05, 0) is 24.2 Å². The molecule has 3 N–H and O–H groups in total. The van der Waals surface area contributed by atoms with Gasteiger partial charge in [0, 0.05) is 67.2 Å². The largest absolute Gasteiger partial charge is 0.490 e. The first kappa shape index (κ1) is 48.6. The minimum absolute atomic E-state index is 0. The molecule has 0 amide bonds. The van der Waals surface area contributed by atoms with Crippen LogP contribution in [0.25, 0.3) is 22.1 Å². The van der Waals surface area contributed by atoms with Crippen LogP contribution in [-0.4, -0.2) is 155 Å². The van der Waals surface area contributed by atoms with E-state index in [1.54, 1.807) is 4.68 Å². The Morgan fingerprint density at radius 2 is 1.22 bits per heavy atom. The second-order valence-electron chi connectivity index (χ2n) is 15.9. The second-order valence-corrected chi connectivity index (χ2v) is 27.2. The molecule has 0 atom stereocenters. The van der Waals surface area contributed by atoms with Crippen LogP contribution in [0.5, 0.6) is 0 Å². The standard InChI is InChI=1S/C18H28N4O4Si.C14H22BN3O5Si.C4H9NO.CH4/c1-24-18(23)16-15-11-14(21-5-7-25-8-6-21)12-19-17(15)22(20-16)13-26-9-10-27(2,3)4;1-22-14(19)12-11-7-10(15(20)21)8-16-13(11)18(17-12)9-23-5-6-24(2,3)4;1-3-6-4-2-5-1;/h11-12H,5-10,13H2,1-4H3;7-8,20-21H,5-6,9H2,1-4H3;5H,1-4H2;1H4. The number of aromatic nitrogens is 6. The minimum Gasteiger partial charge on any atom is -0.464 e. The Kier molecular flexibility index (Phi) is 19.4. The summed E-state index contributed by atoms with van der Waals surface area (Å²) in [5.74, 6) is -1.09. The van der Waals surface area contributed by atoms with E-state index in [-0.39, 0.29) is 37.7 Å². The summed E-state index contributed by atoms with van der Waals surface area (Å²) in [5.41, 5.74) is 2.51. The summed E-state index contributed by atoms with van der Waals surface area (Å²) < 4.78 is 34.6. The zero-order valence-electron chi connectivity index (χ0n) is 34.6. The van der Waals surface area contributed by atoms with Gasteiger partial charge in [0.2, 0.25) is 0 Å². The molecule has 21 heteroatoms. The lowest BCUT2D eigenvalue weighted by molar-refractivity contribution is 0.0576. The topological polar surface area (TPSA) is 207 Å². The maximum Gasteiger partial charge on any atom is 0.490 e. The summed E-state index contributed by atoms with van der Waals surface area (Å²) in [6.45, 7) is 22.2. The van der Waals surface area contributed by atoms with Crippen LogP contribution in [0.15, 0.2) is 24.5 Å². The third-order valence-electron chi connectivity index (χ3n) is 8.88. The van der Waals surface area contributed by atoms with E-state index < -0.39 is 35.2 Å². The summed E-state index contributed by atoms with van der Waals surface area (Å²) in [7, 11) is -1.40. The first-order valence-electron chi connectivity index (χ1n) is 19.1. The van der Waals surface area contributed by atoms with Crippen LogP contribution in [0.3, 0.4) is 0 Å². The van der Waals surface area contributed by atoms with Crippen molar-refractivity contribution in [3.63, 3.8) is 0 Å². The number of hydrogen-bond donors (Lipinski definition) is 3. The van der Waals surface area contributed by atoms with Gasteiger partial charge in [0.15, 0.2) is 22.7 Å². The van der Waals surface area contributed by atoms with Crippen LogP contribution in [-0.2, 0) is 41.9 Å². The molecular formula is C37H63BN8O10Si2. The van der Waals surface area contributed by atoms with Gasteiger partial charge in [0.05, 0.1) is 63.3 Å². The lowest BCUT2D eigenvalue weighted by atomic mass is 9.81. The molecule has 4 aromatic rings. The van der Waals surface area contributed by atoms with Gasteiger partial charge in [-0.1, -0.05) is 46.7 Å². The molecule has 0 radical (unpaired) electrons. The predicted octanol–water partition coefficient (Wildman–Crippen LogP) is 2.82. The van der Waals surface area contributed by atoms with Gasteiger partial charge in [-0.2, -0.15) is 10.2 Å². The second kappa shape index (κ2) is 23.1. The number of rotatable bonds is 14. The van der Waals surface area contributed by atoms with Crippen molar-refractivity contribution >= 4 is 68.4 Å². The Hall–Kier alpha value is -3.80. The lowest BCUT2D eigenvalue weighted by Gasteiger charge is -2.28. The number of pyridine rings is 2. The van der Waals surface area contributed by atoms with Gasteiger partial charge >= 0.3 is 19.1 Å². The summed E-state index contributed by atoms with van der Waals surface area (Å²) in [6.07, 6.45) is 3.14. The van der Waals surface area contributed by atoms with Gasteiger partial charge in [-0.15, -0.1) is 0 Å². The van der Waals surface area contributed by atoms with E-state index in [4.69, 9.17) is 28.4 Å². The smallest absolute Gasteiger partial charge is 0.464 e. The Morgan fingerprint density at radius 1 is 0.759 bits per heavy atom. The zero-order chi connectivity index (χ0) is 41.6. The maximum atomic E-state index is 12.2. The quantitative estimate of drug-likeness (QED) is 0.0948. The highest BCUT2D eigenvalue weighted by Gasteiger charge is 2.24. The fourth-order valence-electron chi connectivity index (χ4n) is 5.51. The Balaban J connectivity index is 0.000000268. The van der Waals surface area contributed by atoms with Crippen LogP contribution in [0.1, 0.15) is 28.4 Å². The van der Waals surface area contributed by atoms with Crippen LogP contribution in [0.2, 0.25) is 51.4 Å². The number of carbonyl (C=O) groups excluding carboxylic acids is 2. The fraction of sp³-hybridized carbons (Fsp3) is 0.622. The Labute approximate surface area is 343 Å². The molecule has 4 aromatic heterocycles. The minimum atomic E-state index is -1.68. The van der Waals surface area contributed by atoms with Crippen LogP contribution >= 0.6 is 0 Å². The van der Waals surface area contributed by atoms with E-state index in [1.165, 1.54) is 31.2 Å². The van der Waals surface area contributed by atoms with Crippen molar-refractivity contribution in [2.24, 2.45) is 0 Å². The SMILES string of the molecule is C.C1COCCN1.COC(=O)c1nn(COCC[Si](C)(C)C)c2ncc(B(O)O)cc12.COC(=O)c1nn(COCC[Si](C)(C)C)c2ncc(N3CCOCC3)cc12. The molecule has 6 rings (SSSR count). The molecule has 0 spiro atoms.